The number of phenolic OH excluding ortho intramolecular Hbond substituents is 1. The number of nitrogens with one attached hydrogen (secondary N) is 1. The van der Waals surface area contributed by atoms with Crippen molar-refractivity contribution in [3.8, 4) is 11.5 Å². The van der Waals surface area contributed by atoms with Gasteiger partial charge in [0, 0.05) is 5.02 Å². The highest BCUT2D eigenvalue weighted by molar-refractivity contribution is 9.10. The Morgan fingerprint density at radius 3 is 2.65 bits per heavy atom. The van der Waals surface area contributed by atoms with Crippen LogP contribution in [0.5, 0.6) is 11.5 Å². The van der Waals surface area contributed by atoms with Crippen molar-refractivity contribution in [2.45, 2.75) is 6.92 Å². The topological polar surface area (TPSA) is 78.9 Å². The number of aryl methyl sites for hydroxylation is 1. The van der Waals surface area contributed by atoms with E-state index in [4.69, 9.17) is 16.3 Å². The maximum absolute atomic E-state index is 12.7. The Hall–Kier alpha value is -2.51. The summed E-state index contributed by atoms with van der Waals surface area (Å²) in [6.07, 6.45) is 1.43. The first-order valence-corrected chi connectivity index (χ1v) is 8.68. The Balaban J connectivity index is 1.98. The lowest BCUT2D eigenvalue weighted by Crippen LogP contribution is -2.35. The molecule has 0 unspecified atom stereocenters. The van der Waals surface area contributed by atoms with Gasteiger partial charge >= 0.3 is 0 Å². The van der Waals surface area contributed by atoms with Crippen LogP contribution in [0.1, 0.15) is 11.1 Å². The zero-order chi connectivity index (χ0) is 19.0. The third-order valence-corrected chi connectivity index (χ3v) is 4.90. The van der Waals surface area contributed by atoms with Gasteiger partial charge in [0.05, 0.1) is 17.3 Å². The second-order valence-corrected chi connectivity index (χ2v) is 6.89. The fraction of sp³-hybridized carbons (Fsp3) is 0.111. The van der Waals surface area contributed by atoms with Gasteiger partial charge in [-0.2, -0.15) is 0 Å². The Morgan fingerprint density at radius 2 is 2.00 bits per heavy atom. The minimum Gasteiger partial charge on any atom is -0.503 e. The van der Waals surface area contributed by atoms with E-state index in [1.54, 1.807) is 24.3 Å². The number of carbonyl (C=O) groups is 2. The largest absolute Gasteiger partial charge is 0.503 e. The van der Waals surface area contributed by atoms with E-state index in [-0.39, 0.29) is 17.1 Å². The minimum atomic E-state index is -0.533. The molecule has 0 aromatic heterocycles. The van der Waals surface area contributed by atoms with Gasteiger partial charge in [0.1, 0.15) is 5.57 Å². The molecule has 2 N–H and O–H groups in total. The third-order valence-electron chi connectivity index (χ3n) is 3.89. The predicted molar refractivity (Wildman–Crippen MR) is 102 cm³/mol. The average molecular weight is 438 g/mol. The van der Waals surface area contributed by atoms with Crippen LogP contribution >= 0.6 is 27.5 Å². The molecule has 0 spiro atoms. The molecule has 0 radical (unpaired) electrons. The van der Waals surface area contributed by atoms with Gasteiger partial charge in [0.2, 0.25) is 0 Å². The fourth-order valence-electron chi connectivity index (χ4n) is 2.46. The lowest BCUT2D eigenvalue weighted by Gasteiger charge is -2.15. The monoisotopic (exact) mass is 436 g/mol. The van der Waals surface area contributed by atoms with Crippen LogP contribution in [0.25, 0.3) is 6.08 Å². The molecular formula is C18H14BrClN2O4. The number of aromatic hydroxyl groups is 1. The Bertz CT molecular complexity index is 958. The van der Waals surface area contributed by atoms with E-state index >= 15 is 0 Å². The zero-order valence-corrected chi connectivity index (χ0v) is 16.2. The SMILES string of the molecule is COc1cc(/C=C2/C(=O)NN(c3ccc(C)c(Cl)c3)C2=O)cc(Br)c1O. The molecule has 2 amide bonds. The molecule has 2 aromatic carbocycles. The van der Waals surface area contributed by atoms with E-state index in [0.717, 1.165) is 10.6 Å². The summed E-state index contributed by atoms with van der Waals surface area (Å²) < 4.78 is 5.47. The maximum atomic E-state index is 12.7. The fourth-order valence-corrected chi connectivity index (χ4v) is 3.09. The van der Waals surface area contributed by atoms with Crippen molar-refractivity contribution >= 4 is 51.1 Å². The number of hydrogen-bond acceptors (Lipinski definition) is 4. The summed E-state index contributed by atoms with van der Waals surface area (Å²) in [5.74, 6) is -0.875. The molecule has 8 heteroatoms. The molecule has 26 heavy (non-hydrogen) atoms. The molecule has 3 rings (SSSR count). The number of hydrazine groups is 1. The average Bonchev–Trinajstić information content (AvgIpc) is 2.88. The van der Waals surface area contributed by atoms with Crippen molar-refractivity contribution in [2.75, 3.05) is 12.1 Å². The van der Waals surface area contributed by atoms with E-state index in [1.165, 1.54) is 19.3 Å². The number of benzene rings is 2. The van der Waals surface area contributed by atoms with Crippen molar-refractivity contribution in [2.24, 2.45) is 0 Å². The van der Waals surface area contributed by atoms with Gasteiger partial charge < -0.3 is 9.84 Å². The van der Waals surface area contributed by atoms with E-state index in [0.29, 0.717) is 20.7 Å². The van der Waals surface area contributed by atoms with Gasteiger partial charge in [-0.15, -0.1) is 0 Å². The second-order valence-electron chi connectivity index (χ2n) is 5.63. The predicted octanol–water partition coefficient (Wildman–Crippen LogP) is 3.59. The van der Waals surface area contributed by atoms with E-state index in [1.807, 2.05) is 6.92 Å². The van der Waals surface area contributed by atoms with Gasteiger partial charge in [-0.05, 0) is 64.3 Å². The van der Waals surface area contributed by atoms with Crippen LogP contribution in [0.3, 0.4) is 0 Å². The lowest BCUT2D eigenvalue weighted by atomic mass is 10.1. The molecule has 134 valence electrons. The van der Waals surface area contributed by atoms with Crippen LogP contribution in [0.15, 0.2) is 40.4 Å². The molecule has 0 bridgehead atoms. The van der Waals surface area contributed by atoms with Crippen molar-refractivity contribution in [3.63, 3.8) is 0 Å². The number of rotatable bonds is 3. The summed E-state index contributed by atoms with van der Waals surface area (Å²) in [5, 5.41) is 11.5. The summed E-state index contributed by atoms with van der Waals surface area (Å²) in [6.45, 7) is 1.85. The normalized spacial score (nSPS) is 15.5. The molecular weight excluding hydrogens is 424 g/mol. The van der Waals surface area contributed by atoms with Gasteiger partial charge in [-0.1, -0.05) is 17.7 Å². The van der Waals surface area contributed by atoms with Crippen molar-refractivity contribution in [1.82, 2.24) is 5.43 Å². The number of amides is 2. The second kappa shape index (κ2) is 7.01. The first-order valence-electron chi connectivity index (χ1n) is 7.51. The number of halogens is 2. The summed E-state index contributed by atoms with van der Waals surface area (Å²) in [6, 6.07) is 8.18. The molecule has 0 aliphatic carbocycles. The van der Waals surface area contributed by atoms with Crippen LogP contribution < -0.4 is 15.2 Å². The van der Waals surface area contributed by atoms with Crippen LogP contribution in [0, 0.1) is 6.92 Å². The van der Waals surface area contributed by atoms with Crippen LogP contribution in [0.4, 0.5) is 5.69 Å². The zero-order valence-electron chi connectivity index (χ0n) is 13.8. The number of hydrogen-bond donors (Lipinski definition) is 2. The highest BCUT2D eigenvalue weighted by atomic mass is 79.9. The molecule has 1 fully saturated rings. The van der Waals surface area contributed by atoms with Crippen molar-refractivity contribution in [3.05, 3.63) is 56.5 Å². The highest BCUT2D eigenvalue weighted by Crippen LogP contribution is 2.36. The molecule has 1 aliphatic rings. The minimum absolute atomic E-state index is 0.0404. The molecule has 1 heterocycles. The first kappa shape index (κ1) is 18.3. The van der Waals surface area contributed by atoms with Crippen molar-refractivity contribution in [1.29, 1.82) is 0 Å². The smallest absolute Gasteiger partial charge is 0.282 e. The van der Waals surface area contributed by atoms with Gasteiger partial charge in [-0.25, -0.2) is 5.01 Å². The van der Waals surface area contributed by atoms with E-state index in [2.05, 4.69) is 21.4 Å². The highest BCUT2D eigenvalue weighted by Gasteiger charge is 2.34. The number of ether oxygens (including phenoxy) is 1. The molecule has 1 aliphatic heterocycles. The van der Waals surface area contributed by atoms with E-state index < -0.39 is 11.8 Å². The van der Waals surface area contributed by atoms with Crippen LogP contribution in [-0.4, -0.2) is 24.0 Å². The Morgan fingerprint density at radius 1 is 1.27 bits per heavy atom. The molecule has 0 atom stereocenters. The van der Waals surface area contributed by atoms with Crippen molar-refractivity contribution < 1.29 is 19.4 Å². The summed E-state index contributed by atoms with van der Waals surface area (Å²) in [5.41, 5.74) is 4.33. The lowest BCUT2D eigenvalue weighted by molar-refractivity contribution is -0.117. The molecule has 1 saturated heterocycles. The quantitative estimate of drug-likeness (QED) is 0.568. The summed E-state index contributed by atoms with van der Waals surface area (Å²) >= 11 is 9.31. The number of nitrogens with zero attached hydrogens (tertiary/aromatic N) is 1. The maximum Gasteiger partial charge on any atom is 0.282 e. The van der Waals surface area contributed by atoms with E-state index in [9.17, 15) is 14.7 Å². The molecule has 2 aromatic rings. The van der Waals surface area contributed by atoms with Crippen LogP contribution in [0.2, 0.25) is 5.02 Å². The Kier molecular flexibility index (Phi) is 4.93. The Labute approximate surface area is 163 Å². The van der Waals surface area contributed by atoms with Gasteiger partial charge in [0.25, 0.3) is 11.8 Å². The summed E-state index contributed by atoms with van der Waals surface area (Å²) in [7, 11) is 1.41. The third kappa shape index (κ3) is 3.27. The standard InChI is InChI=1S/C18H14BrClN2O4/c1-9-3-4-11(8-14(9)20)22-18(25)12(17(24)21-22)5-10-6-13(19)16(23)15(7-10)26-2/h3-8,23H,1-2H3,(H,21,24)/b12-5-. The van der Waals surface area contributed by atoms with Gasteiger partial charge in [0.15, 0.2) is 11.5 Å². The van der Waals surface area contributed by atoms with Gasteiger partial charge in [-0.3, -0.25) is 15.0 Å². The number of anilines is 1. The molecule has 0 saturated carbocycles. The number of carbonyl (C=O) groups excluding carboxylic acids is 2. The molecule has 6 nitrogen and oxygen atoms in total. The first-order chi connectivity index (χ1) is 12.3. The number of methoxy groups -OCH3 is 1. The number of phenols is 1. The summed E-state index contributed by atoms with van der Waals surface area (Å²) in [4.78, 5) is 24.9. The van der Waals surface area contributed by atoms with Crippen LogP contribution in [-0.2, 0) is 9.59 Å².